The van der Waals surface area contributed by atoms with Gasteiger partial charge in [-0.2, -0.15) is 4.98 Å². The number of nitrogens with two attached hydrogens (primary N) is 1. The molecule has 2 aromatic heterocycles. The van der Waals surface area contributed by atoms with E-state index in [2.05, 4.69) is 20.2 Å². The Morgan fingerprint density at radius 1 is 1.21 bits per heavy atom. The lowest BCUT2D eigenvalue weighted by Gasteiger charge is -2.19. The van der Waals surface area contributed by atoms with Crippen molar-refractivity contribution in [2.75, 3.05) is 30.3 Å². The predicted octanol–water partition coefficient (Wildman–Crippen LogP) is 4.51. The Balaban J connectivity index is 1.27. The monoisotopic (exact) mass is 497 g/mol. The first-order valence-corrected chi connectivity index (χ1v) is 11.9. The van der Waals surface area contributed by atoms with Gasteiger partial charge in [0.2, 0.25) is 5.95 Å². The number of nitrogen functional groups attached to an aromatic ring is 1. The van der Waals surface area contributed by atoms with E-state index in [1.54, 1.807) is 36.4 Å². The van der Waals surface area contributed by atoms with Gasteiger partial charge in [-0.1, -0.05) is 23.7 Å². The molecular formula is C24H21ClFN5O2S. The number of amides is 1. The summed E-state index contributed by atoms with van der Waals surface area (Å²) in [7, 11) is 0. The summed E-state index contributed by atoms with van der Waals surface area (Å²) in [4.78, 5) is 25.1. The van der Waals surface area contributed by atoms with E-state index in [0.29, 0.717) is 17.3 Å². The van der Waals surface area contributed by atoms with Gasteiger partial charge in [0.25, 0.3) is 5.91 Å². The third kappa shape index (κ3) is 4.90. The number of ether oxygens (including phenoxy) is 1. The zero-order chi connectivity index (χ0) is 23.7. The lowest BCUT2D eigenvalue weighted by molar-refractivity contribution is -0.123. The van der Waals surface area contributed by atoms with Gasteiger partial charge in [-0.05, 0) is 54.4 Å². The van der Waals surface area contributed by atoms with Crippen LogP contribution in [0.25, 0.3) is 20.7 Å². The van der Waals surface area contributed by atoms with Crippen LogP contribution >= 0.6 is 22.9 Å². The minimum absolute atomic E-state index is 0.0391. The molecule has 4 aromatic rings. The van der Waals surface area contributed by atoms with Gasteiger partial charge >= 0.3 is 0 Å². The fourth-order valence-electron chi connectivity index (χ4n) is 3.94. The van der Waals surface area contributed by atoms with Gasteiger partial charge in [0.05, 0.1) is 5.39 Å². The molecule has 34 heavy (non-hydrogen) atoms. The maximum atomic E-state index is 13.3. The molecule has 0 saturated carbocycles. The molecule has 7 nitrogen and oxygen atoms in total. The number of hydrogen-bond acceptors (Lipinski definition) is 7. The quantitative estimate of drug-likeness (QED) is 0.407. The van der Waals surface area contributed by atoms with E-state index in [-0.39, 0.29) is 30.3 Å². The van der Waals surface area contributed by atoms with Crippen LogP contribution in [-0.4, -0.2) is 41.6 Å². The van der Waals surface area contributed by atoms with Crippen molar-refractivity contribution in [3.05, 3.63) is 65.4 Å². The lowest BCUT2D eigenvalue weighted by atomic mass is 10.2. The number of benzene rings is 2. The van der Waals surface area contributed by atoms with Gasteiger partial charge < -0.3 is 20.7 Å². The molecule has 3 N–H and O–H groups in total. The molecule has 174 valence electrons. The number of carbonyl (C=O) groups is 1. The van der Waals surface area contributed by atoms with Crippen molar-refractivity contribution in [2.24, 2.45) is 0 Å². The molecule has 2 aromatic carbocycles. The fraction of sp³-hybridized carbons (Fsp3) is 0.208. The van der Waals surface area contributed by atoms with Crippen molar-refractivity contribution < 1.29 is 13.9 Å². The van der Waals surface area contributed by atoms with Crippen molar-refractivity contribution in [3.8, 4) is 16.2 Å². The maximum absolute atomic E-state index is 13.3. The Hall–Kier alpha value is -3.43. The zero-order valence-corrected chi connectivity index (χ0v) is 19.6. The SMILES string of the molecule is Nc1nc(N2CCC(NC(=O)COc3ccc(Cl)cc3)C2)c2cc(-c3ccc(F)cc3)sc2n1. The number of rotatable bonds is 6. The van der Waals surface area contributed by atoms with Crippen molar-refractivity contribution in [3.63, 3.8) is 0 Å². The van der Waals surface area contributed by atoms with Crippen LogP contribution in [0.5, 0.6) is 5.75 Å². The van der Waals surface area contributed by atoms with Crippen LogP contribution in [0.4, 0.5) is 16.2 Å². The van der Waals surface area contributed by atoms with Crippen molar-refractivity contribution in [1.29, 1.82) is 0 Å². The van der Waals surface area contributed by atoms with E-state index >= 15 is 0 Å². The van der Waals surface area contributed by atoms with Crippen molar-refractivity contribution >= 4 is 50.8 Å². The second kappa shape index (κ2) is 9.44. The van der Waals surface area contributed by atoms with Gasteiger partial charge in [0.15, 0.2) is 6.61 Å². The van der Waals surface area contributed by atoms with Crippen molar-refractivity contribution in [1.82, 2.24) is 15.3 Å². The number of nitrogens with one attached hydrogen (secondary N) is 1. The standard InChI is InChI=1S/C24H21ClFN5O2S/c25-15-3-7-18(8-4-15)33-13-21(32)28-17-9-10-31(12-17)22-19-11-20(14-1-5-16(26)6-2-14)34-23(19)30-24(27)29-22/h1-8,11,17H,9-10,12-13H2,(H,28,32)(H2,27,29,30). The Kier molecular flexibility index (Phi) is 6.21. The molecular weight excluding hydrogens is 477 g/mol. The number of aromatic nitrogens is 2. The summed E-state index contributed by atoms with van der Waals surface area (Å²) in [6, 6.07) is 15.2. The molecule has 1 amide bonds. The number of fused-ring (bicyclic) bond motifs is 1. The van der Waals surface area contributed by atoms with E-state index < -0.39 is 0 Å². The van der Waals surface area contributed by atoms with E-state index in [1.165, 1.54) is 23.5 Å². The van der Waals surface area contributed by atoms with Gasteiger partial charge in [-0.15, -0.1) is 11.3 Å². The topological polar surface area (TPSA) is 93.4 Å². The molecule has 1 atom stereocenters. The van der Waals surface area contributed by atoms with E-state index in [4.69, 9.17) is 22.1 Å². The third-order valence-electron chi connectivity index (χ3n) is 5.56. The van der Waals surface area contributed by atoms with Crippen LogP contribution in [0.1, 0.15) is 6.42 Å². The van der Waals surface area contributed by atoms with Gasteiger partial charge in [0, 0.05) is 29.0 Å². The number of nitrogens with zero attached hydrogens (tertiary/aromatic N) is 3. The van der Waals surface area contributed by atoms with Crippen LogP contribution in [0, 0.1) is 5.82 Å². The maximum Gasteiger partial charge on any atom is 0.258 e. The highest BCUT2D eigenvalue weighted by Gasteiger charge is 2.27. The van der Waals surface area contributed by atoms with Crippen molar-refractivity contribution in [2.45, 2.75) is 12.5 Å². The average molecular weight is 498 g/mol. The number of halogens is 2. The van der Waals surface area contributed by atoms with Gasteiger partial charge in [0.1, 0.15) is 22.2 Å². The largest absolute Gasteiger partial charge is 0.484 e. The Morgan fingerprint density at radius 3 is 2.74 bits per heavy atom. The third-order valence-corrected chi connectivity index (χ3v) is 6.89. The normalized spacial score (nSPS) is 15.6. The van der Waals surface area contributed by atoms with Crippen LogP contribution in [-0.2, 0) is 4.79 Å². The molecule has 5 rings (SSSR count). The highest BCUT2D eigenvalue weighted by Crippen LogP contribution is 2.37. The van der Waals surface area contributed by atoms with Gasteiger partial charge in [-0.3, -0.25) is 4.79 Å². The Labute approximate surface area is 204 Å². The predicted molar refractivity (Wildman–Crippen MR) is 133 cm³/mol. The highest BCUT2D eigenvalue weighted by atomic mass is 35.5. The number of thiophene rings is 1. The molecule has 1 unspecified atom stereocenters. The second-order valence-corrected chi connectivity index (χ2v) is 9.45. The fourth-order valence-corrected chi connectivity index (χ4v) is 5.10. The minimum atomic E-state index is -0.279. The molecule has 0 spiro atoms. The van der Waals surface area contributed by atoms with Crippen LogP contribution in [0.3, 0.4) is 0 Å². The van der Waals surface area contributed by atoms with E-state index in [0.717, 1.165) is 39.4 Å². The summed E-state index contributed by atoms with van der Waals surface area (Å²) in [6.45, 7) is 1.24. The molecule has 1 saturated heterocycles. The number of carbonyl (C=O) groups excluding carboxylic acids is 1. The first-order valence-electron chi connectivity index (χ1n) is 10.7. The molecule has 1 fully saturated rings. The molecule has 0 radical (unpaired) electrons. The van der Waals surface area contributed by atoms with Crippen LogP contribution < -0.4 is 20.7 Å². The summed E-state index contributed by atoms with van der Waals surface area (Å²) in [5, 5.41) is 4.51. The first-order chi connectivity index (χ1) is 16.4. The van der Waals surface area contributed by atoms with E-state index in [1.807, 2.05) is 6.07 Å². The summed E-state index contributed by atoms with van der Waals surface area (Å²) >= 11 is 7.35. The smallest absolute Gasteiger partial charge is 0.258 e. The Morgan fingerprint density at radius 2 is 1.97 bits per heavy atom. The second-order valence-electron chi connectivity index (χ2n) is 7.98. The molecule has 0 aliphatic carbocycles. The summed E-state index contributed by atoms with van der Waals surface area (Å²) in [5.41, 5.74) is 6.90. The molecule has 1 aliphatic rings. The van der Waals surface area contributed by atoms with E-state index in [9.17, 15) is 9.18 Å². The summed E-state index contributed by atoms with van der Waals surface area (Å²) in [6.07, 6.45) is 0.771. The molecule has 1 aliphatic heterocycles. The average Bonchev–Trinajstić information content (AvgIpc) is 3.46. The molecule has 3 heterocycles. The molecule has 10 heteroatoms. The summed E-state index contributed by atoms with van der Waals surface area (Å²) < 4.78 is 18.8. The first kappa shape index (κ1) is 22.4. The lowest BCUT2D eigenvalue weighted by Crippen LogP contribution is -2.39. The van der Waals surface area contributed by atoms with Gasteiger partial charge in [-0.25, -0.2) is 9.37 Å². The minimum Gasteiger partial charge on any atom is -0.484 e. The number of hydrogen-bond donors (Lipinski definition) is 2. The number of anilines is 2. The zero-order valence-electron chi connectivity index (χ0n) is 18.0. The highest BCUT2D eigenvalue weighted by molar-refractivity contribution is 7.22. The van der Waals surface area contributed by atoms with Crippen LogP contribution in [0.15, 0.2) is 54.6 Å². The Bertz CT molecular complexity index is 1330. The molecule has 0 bridgehead atoms. The summed E-state index contributed by atoms with van der Waals surface area (Å²) in [5.74, 6) is 1.04. The van der Waals surface area contributed by atoms with Crippen LogP contribution in [0.2, 0.25) is 5.02 Å².